The summed E-state index contributed by atoms with van der Waals surface area (Å²) in [5, 5.41) is 7.74. The van der Waals surface area contributed by atoms with E-state index < -0.39 is 6.23 Å². The summed E-state index contributed by atoms with van der Waals surface area (Å²) < 4.78 is 30.6. The number of hydrogen-bond acceptors (Lipinski definition) is 5. The van der Waals surface area contributed by atoms with Gasteiger partial charge in [0.05, 0.1) is 31.0 Å². The van der Waals surface area contributed by atoms with Crippen molar-refractivity contribution in [3.63, 3.8) is 0 Å². The maximum Gasteiger partial charge on any atom is 0.213 e. The molecule has 8 heteroatoms. The highest BCUT2D eigenvalue weighted by atomic mass is 35.5. The molecule has 2 aliphatic heterocycles. The Labute approximate surface area is 194 Å². The monoisotopic (exact) mass is 472 g/mol. The predicted molar refractivity (Wildman–Crippen MR) is 122 cm³/mol. The Balaban J connectivity index is 1.61. The molecule has 0 amide bonds. The molecule has 0 aliphatic carbocycles. The number of nitrogens with zero attached hydrogens (tertiary/aromatic N) is 2. The van der Waals surface area contributed by atoms with E-state index in [2.05, 4.69) is 0 Å². The fourth-order valence-corrected chi connectivity index (χ4v) is 4.71. The van der Waals surface area contributed by atoms with E-state index in [1.54, 1.807) is 32.4 Å². The fraction of sp³-hybridized carbons (Fsp3) is 0.208. The maximum absolute atomic E-state index is 13.5. The zero-order chi connectivity index (χ0) is 22.4. The molecule has 0 saturated carbocycles. The van der Waals surface area contributed by atoms with Gasteiger partial charge in [0.2, 0.25) is 6.23 Å². The van der Waals surface area contributed by atoms with Crippen molar-refractivity contribution in [1.82, 2.24) is 5.01 Å². The molecule has 2 heterocycles. The lowest BCUT2D eigenvalue weighted by Crippen LogP contribution is -2.33. The van der Waals surface area contributed by atoms with Crippen LogP contribution in [0.4, 0.5) is 4.39 Å². The quantitative estimate of drug-likeness (QED) is 0.441. The van der Waals surface area contributed by atoms with Crippen molar-refractivity contribution in [3.8, 4) is 17.2 Å². The van der Waals surface area contributed by atoms with Crippen molar-refractivity contribution in [2.45, 2.75) is 18.7 Å². The molecule has 32 heavy (non-hydrogen) atoms. The number of benzene rings is 3. The zero-order valence-corrected chi connectivity index (χ0v) is 18.8. The molecule has 0 fully saturated rings. The molecule has 0 aromatic heterocycles. The number of hydrazone groups is 1. The van der Waals surface area contributed by atoms with Crippen LogP contribution in [0.25, 0.3) is 0 Å². The summed E-state index contributed by atoms with van der Waals surface area (Å²) in [6, 6.07) is 15.2. The lowest BCUT2D eigenvalue weighted by molar-refractivity contribution is -0.0189. The Kier molecular flexibility index (Phi) is 5.35. The van der Waals surface area contributed by atoms with Crippen LogP contribution in [0, 0.1) is 5.82 Å². The first-order chi connectivity index (χ1) is 15.5. The molecule has 2 atom stereocenters. The maximum atomic E-state index is 13.5. The molecule has 2 aliphatic rings. The minimum atomic E-state index is -0.565. The van der Waals surface area contributed by atoms with Crippen LogP contribution in [0.1, 0.15) is 35.4 Å². The smallest absolute Gasteiger partial charge is 0.213 e. The van der Waals surface area contributed by atoms with Gasteiger partial charge in [-0.05, 0) is 42.5 Å². The van der Waals surface area contributed by atoms with Crippen LogP contribution in [0.15, 0.2) is 59.7 Å². The van der Waals surface area contributed by atoms with Crippen molar-refractivity contribution < 1.29 is 18.6 Å². The number of hydrogen-bond donors (Lipinski definition) is 0. The molecular weight excluding hydrogens is 454 g/mol. The third kappa shape index (κ3) is 3.53. The lowest BCUT2D eigenvalue weighted by Gasteiger charge is -2.38. The highest BCUT2D eigenvalue weighted by Gasteiger charge is 2.42. The van der Waals surface area contributed by atoms with E-state index in [4.69, 9.17) is 42.5 Å². The van der Waals surface area contributed by atoms with Crippen LogP contribution < -0.4 is 14.2 Å². The van der Waals surface area contributed by atoms with Gasteiger partial charge < -0.3 is 14.2 Å². The summed E-state index contributed by atoms with van der Waals surface area (Å²) in [5.74, 6) is 1.51. The van der Waals surface area contributed by atoms with Gasteiger partial charge >= 0.3 is 0 Å². The van der Waals surface area contributed by atoms with Crippen LogP contribution in [-0.2, 0) is 0 Å². The topological polar surface area (TPSA) is 43.3 Å². The van der Waals surface area contributed by atoms with Crippen LogP contribution in [0.2, 0.25) is 10.0 Å². The SMILES string of the molecule is COc1ccc(C2=NN3[C@@H](C2)c2cc(Cl)cc(Cl)c2O[C@H]3c2ccc(F)cc2)cc1OC. The lowest BCUT2D eigenvalue weighted by atomic mass is 9.95. The van der Waals surface area contributed by atoms with Gasteiger partial charge in [0.1, 0.15) is 11.6 Å². The van der Waals surface area contributed by atoms with Crippen molar-refractivity contribution in [2.24, 2.45) is 5.10 Å². The second-order valence-corrected chi connectivity index (χ2v) is 8.39. The molecular formula is C24H19Cl2FN2O3. The van der Waals surface area contributed by atoms with E-state index in [1.807, 2.05) is 29.3 Å². The third-order valence-electron chi connectivity index (χ3n) is 5.68. The first kappa shape index (κ1) is 20.9. The van der Waals surface area contributed by atoms with Gasteiger partial charge in [-0.1, -0.05) is 35.3 Å². The number of fused-ring (bicyclic) bond motifs is 3. The number of ether oxygens (including phenoxy) is 3. The standard InChI is InChI=1S/C24H19Cl2FN2O3/c1-30-21-8-5-14(9-22(21)31-2)19-12-20-17-10-15(25)11-18(26)23(17)32-24(29(20)28-19)13-3-6-16(27)7-4-13/h3-11,20,24H,12H2,1-2H3/t20-,24-/m0/s1. The molecule has 164 valence electrons. The molecule has 3 aromatic rings. The van der Waals surface area contributed by atoms with Gasteiger partial charge in [-0.25, -0.2) is 9.40 Å². The third-order valence-corrected chi connectivity index (χ3v) is 6.18. The van der Waals surface area contributed by atoms with Gasteiger partial charge in [0.25, 0.3) is 0 Å². The Morgan fingerprint density at radius 1 is 1.00 bits per heavy atom. The molecule has 5 rings (SSSR count). The molecule has 0 N–H and O–H groups in total. The Morgan fingerprint density at radius 2 is 1.75 bits per heavy atom. The molecule has 0 bridgehead atoms. The average molecular weight is 473 g/mol. The average Bonchev–Trinajstić information content (AvgIpc) is 3.25. The largest absolute Gasteiger partial charge is 0.493 e. The Hall–Kier alpha value is -2.96. The van der Waals surface area contributed by atoms with Crippen LogP contribution in [-0.4, -0.2) is 24.9 Å². The highest BCUT2D eigenvalue weighted by Crippen LogP contribution is 2.51. The Bertz CT molecular complexity index is 1220. The van der Waals surface area contributed by atoms with Crippen molar-refractivity contribution in [3.05, 3.63) is 87.2 Å². The first-order valence-corrected chi connectivity index (χ1v) is 10.7. The summed E-state index contributed by atoms with van der Waals surface area (Å²) in [7, 11) is 3.19. The van der Waals surface area contributed by atoms with E-state index in [9.17, 15) is 4.39 Å². The molecule has 0 saturated heterocycles. The highest BCUT2D eigenvalue weighted by molar-refractivity contribution is 6.35. The van der Waals surface area contributed by atoms with E-state index in [1.165, 1.54) is 12.1 Å². The molecule has 0 unspecified atom stereocenters. The molecule has 5 nitrogen and oxygen atoms in total. The zero-order valence-electron chi connectivity index (χ0n) is 17.3. The summed E-state index contributed by atoms with van der Waals surface area (Å²) in [5.41, 5.74) is 3.39. The summed E-state index contributed by atoms with van der Waals surface area (Å²) in [6.45, 7) is 0. The minimum absolute atomic E-state index is 0.145. The molecule has 0 spiro atoms. The molecule has 0 radical (unpaired) electrons. The predicted octanol–water partition coefficient (Wildman–Crippen LogP) is 6.39. The summed E-state index contributed by atoms with van der Waals surface area (Å²) in [4.78, 5) is 0. The van der Waals surface area contributed by atoms with Crippen molar-refractivity contribution >= 4 is 28.9 Å². The van der Waals surface area contributed by atoms with Gasteiger partial charge in [0, 0.05) is 28.1 Å². The van der Waals surface area contributed by atoms with Gasteiger partial charge in [-0.2, -0.15) is 5.10 Å². The number of halogens is 3. The molecule has 3 aromatic carbocycles. The minimum Gasteiger partial charge on any atom is -0.493 e. The van der Waals surface area contributed by atoms with Crippen molar-refractivity contribution in [2.75, 3.05) is 14.2 Å². The number of rotatable bonds is 4. The van der Waals surface area contributed by atoms with E-state index in [0.29, 0.717) is 33.7 Å². The normalized spacial score (nSPS) is 19.0. The first-order valence-electron chi connectivity index (χ1n) is 9.97. The van der Waals surface area contributed by atoms with Gasteiger partial charge in [-0.15, -0.1) is 0 Å². The van der Waals surface area contributed by atoms with Crippen LogP contribution in [0.3, 0.4) is 0 Å². The van der Waals surface area contributed by atoms with Crippen LogP contribution in [0.5, 0.6) is 17.2 Å². The second kappa shape index (κ2) is 8.19. The fourth-order valence-electron chi connectivity index (χ4n) is 4.15. The second-order valence-electron chi connectivity index (χ2n) is 7.54. The Morgan fingerprint density at radius 3 is 2.47 bits per heavy atom. The van der Waals surface area contributed by atoms with Crippen molar-refractivity contribution in [1.29, 1.82) is 0 Å². The van der Waals surface area contributed by atoms with E-state index >= 15 is 0 Å². The van der Waals surface area contributed by atoms with E-state index in [0.717, 1.165) is 22.4 Å². The summed E-state index contributed by atoms with van der Waals surface area (Å²) >= 11 is 12.8. The van der Waals surface area contributed by atoms with Crippen LogP contribution >= 0.6 is 23.2 Å². The van der Waals surface area contributed by atoms with Gasteiger partial charge in [-0.3, -0.25) is 0 Å². The number of methoxy groups -OCH3 is 2. The van der Waals surface area contributed by atoms with E-state index in [-0.39, 0.29) is 11.9 Å². The van der Waals surface area contributed by atoms with Gasteiger partial charge in [0.15, 0.2) is 11.5 Å². The summed E-state index contributed by atoms with van der Waals surface area (Å²) in [6.07, 6.45) is 0.0460.